The van der Waals surface area contributed by atoms with Crippen molar-refractivity contribution < 1.29 is 13.2 Å². The lowest BCUT2D eigenvalue weighted by atomic mass is 10.2. The van der Waals surface area contributed by atoms with E-state index in [0.717, 1.165) is 11.9 Å². The number of carbonyl (C=O) groups excluding carboxylic acids is 1. The monoisotopic (exact) mass is 358 g/mol. The van der Waals surface area contributed by atoms with Gasteiger partial charge in [-0.3, -0.25) is 9.20 Å². The van der Waals surface area contributed by atoms with Crippen molar-refractivity contribution in [2.75, 3.05) is 30.6 Å². The zero-order chi connectivity index (χ0) is 18.2. The maximum atomic E-state index is 12.6. The number of nitrogens with one attached hydrogen (secondary N) is 1. The number of hydrogen-bond donors (Lipinski definition) is 1. The summed E-state index contributed by atoms with van der Waals surface area (Å²) in [5, 5.41) is 2.60. The normalized spacial score (nSPS) is 11.5. The van der Waals surface area contributed by atoms with Gasteiger partial charge >= 0.3 is 0 Å². The summed E-state index contributed by atoms with van der Waals surface area (Å²) in [4.78, 5) is 18.6. The van der Waals surface area contributed by atoms with Crippen molar-refractivity contribution in [2.24, 2.45) is 0 Å². The summed E-state index contributed by atoms with van der Waals surface area (Å²) < 4.78 is 25.2. The molecule has 130 valence electrons. The molecule has 0 saturated heterocycles. The maximum Gasteiger partial charge on any atom is 0.276 e. The standard InChI is InChI=1S/C17H18N4O3S/c1-20(2)13-9-7-12(8-10-13)18-16(22)15-14-6-4-5-11-21(14)17(19-15)25(3,23)24/h4-11H,1-3H3,(H,18,22). The van der Waals surface area contributed by atoms with Crippen molar-refractivity contribution in [3.05, 3.63) is 54.4 Å². The smallest absolute Gasteiger partial charge is 0.276 e. The summed E-state index contributed by atoms with van der Waals surface area (Å²) >= 11 is 0. The first kappa shape index (κ1) is 17.0. The molecular weight excluding hydrogens is 340 g/mol. The van der Waals surface area contributed by atoms with E-state index in [0.29, 0.717) is 11.2 Å². The van der Waals surface area contributed by atoms with Crippen LogP contribution in [0.3, 0.4) is 0 Å². The first-order chi connectivity index (χ1) is 11.8. The van der Waals surface area contributed by atoms with Crippen LogP contribution in [0.5, 0.6) is 0 Å². The van der Waals surface area contributed by atoms with Crippen LogP contribution in [0.2, 0.25) is 0 Å². The molecule has 25 heavy (non-hydrogen) atoms. The molecule has 8 heteroatoms. The highest BCUT2D eigenvalue weighted by Gasteiger charge is 2.22. The summed E-state index contributed by atoms with van der Waals surface area (Å²) in [5.41, 5.74) is 2.11. The van der Waals surface area contributed by atoms with Crippen LogP contribution in [-0.4, -0.2) is 44.1 Å². The molecule has 0 unspecified atom stereocenters. The zero-order valence-electron chi connectivity index (χ0n) is 14.1. The van der Waals surface area contributed by atoms with E-state index in [2.05, 4.69) is 10.3 Å². The van der Waals surface area contributed by atoms with Crippen LogP contribution >= 0.6 is 0 Å². The van der Waals surface area contributed by atoms with Gasteiger partial charge in [0.2, 0.25) is 15.0 Å². The van der Waals surface area contributed by atoms with Gasteiger partial charge in [0.25, 0.3) is 5.91 Å². The molecule has 0 spiro atoms. The van der Waals surface area contributed by atoms with Crippen molar-refractivity contribution in [1.82, 2.24) is 9.38 Å². The Hall–Kier alpha value is -2.87. The molecule has 2 heterocycles. The summed E-state index contributed by atoms with van der Waals surface area (Å²) in [7, 11) is 0.292. The quantitative estimate of drug-likeness (QED) is 0.772. The number of sulfone groups is 1. The highest BCUT2D eigenvalue weighted by atomic mass is 32.2. The number of pyridine rings is 1. The lowest BCUT2D eigenvalue weighted by Gasteiger charge is -2.12. The third-order valence-corrected chi connectivity index (χ3v) is 4.66. The molecule has 0 fully saturated rings. The molecule has 0 aliphatic carbocycles. The average Bonchev–Trinajstić information content (AvgIpc) is 2.95. The number of nitrogens with zero attached hydrogens (tertiary/aromatic N) is 3. The van der Waals surface area contributed by atoms with E-state index >= 15 is 0 Å². The van der Waals surface area contributed by atoms with Crippen molar-refractivity contribution in [1.29, 1.82) is 0 Å². The largest absolute Gasteiger partial charge is 0.378 e. The molecule has 0 aliphatic rings. The second-order valence-corrected chi connectivity index (χ2v) is 7.78. The van der Waals surface area contributed by atoms with Crippen LogP contribution < -0.4 is 10.2 Å². The van der Waals surface area contributed by atoms with Crippen molar-refractivity contribution >= 4 is 32.6 Å². The van der Waals surface area contributed by atoms with Crippen molar-refractivity contribution in [2.45, 2.75) is 5.16 Å². The SMILES string of the molecule is CN(C)c1ccc(NC(=O)c2nc(S(C)(=O)=O)n3ccccc23)cc1. The molecule has 0 radical (unpaired) electrons. The Bertz CT molecular complexity index is 1040. The van der Waals surface area contributed by atoms with E-state index in [1.165, 1.54) is 4.40 Å². The van der Waals surface area contributed by atoms with Gasteiger partial charge in [0.05, 0.1) is 5.52 Å². The second-order valence-electron chi connectivity index (χ2n) is 5.87. The number of imidazole rings is 1. The van der Waals surface area contributed by atoms with Gasteiger partial charge in [0.1, 0.15) is 0 Å². The van der Waals surface area contributed by atoms with E-state index in [1.807, 2.05) is 31.1 Å². The van der Waals surface area contributed by atoms with Crippen LogP contribution in [0.15, 0.2) is 53.8 Å². The molecule has 0 aliphatic heterocycles. The highest BCUT2D eigenvalue weighted by Crippen LogP contribution is 2.20. The molecule has 0 bridgehead atoms. The summed E-state index contributed by atoms with van der Waals surface area (Å²) in [6.45, 7) is 0. The van der Waals surface area contributed by atoms with Crippen LogP contribution in [-0.2, 0) is 9.84 Å². The van der Waals surface area contributed by atoms with E-state index in [9.17, 15) is 13.2 Å². The Morgan fingerprint density at radius 2 is 1.80 bits per heavy atom. The first-order valence-corrected chi connectivity index (χ1v) is 9.42. The average molecular weight is 358 g/mol. The van der Waals surface area contributed by atoms with E-state index in [-0.39, 0.29) is 10.9 Å². The van der Waals surface area contributed by atoms with Crippen molar-refractivity contribution in [3.63, 3.8) is 0 Å². The number of hydrogen-bond acceptors (Lipinski definition) is 5. The van der Waals surface area contributed by atoms with Crippen LogP contribution in [0.25, 0.3) is 5.52 Å². The van der Waals surface area contributed by atoms with Gasteiger partial charge < -0.3 is 10.2 Å². The van der Waals surface area contributed by atoms with Crippen molar-refractivity contribution in [3.8, 4) is 0 Å². The third-order valence-electron chi connectivity index (χ3n) is 3.70. The first-order valence-electron chi connectivity index (χ1n) is 7.53. The molecule has 0 saturated carbocycles. The fourth-order valence-electron chi connectivity index (χ4n) is 2.47. The van der Waals surface area contributed by atoms with Gasteiger partial charge in [0, 0.05) is 37.9 Å². The summed E-state index contributed by atoms with van der Waals surface area (Å²) in [5.74, 6) is -0.462. The molecule has 3 rings (SSSR count). The number of benzene rings is 1. The van der Waals surface area contributed by atoms with Crippen LogP contribution in [0, 0.1) is 0 Å². The Morgan fingerprint density at radius 3 is 2.40 bits per heavy atom. The molecular formula is C17H18N4O3S. The molecule has 0 atom stereocenters. The fraction of sp³-hybridized carbons (Fsp3) is 0.176. The van der Waals surface area contributed by atoms with E-state index in [1.54, 1.807) is 36.5 Å². The Balaban J connectivity index is 1.97. The predicted molar refractivity (Wildman–Crippen MR) is 97.0 cm³/mol. The van der Waals surface area contributed by atoms with Gasteiger partial charge in [0.15, 0.2) is 5.69 Å². The topological polar surface area (TPSA) is 83.8 Å². The predicted octanol–water partition coefficient (Wildman–Crippen LogP) is 2.06. The number of carbonyl (C=O) groups is 1. The molecule has 2 aromatic heterocycles. The van der Waals surface area contributed by atoms with Crippen LogP contribution in [0.1, 0.15) is 10.5 Å². The molecule has 7 nitrogen and oxygen atoms in total. The summed E-state index contributed by atoms with van der Waals surface area (Å²) in [6.07, 6.45) is 2.64. The minimum Gasteiger partial charge on any atom is -0.378 e. The van der Waals surface area contributed by atoms with Gasteiger partial charge in [-0.2, -0.15) is 0 Å². The Kier molecular flexibility index (Phi) is 4.22. The lowest BCUT2D eigenvalue weighted by molar-refractivity contribution is 0.102. The fourth-order valence-corrected chi connectivity index (χ4v) is 3.25. The maximum absolute atomic E-state index is 12.6. The Labute approximate surface area is 145 Å². The van der Waals surface area contributed by atoms with Crippen LogP contribution in [0.4, 0.5) is 11.4 Å². The van der Waals surface area contributed by atoms with Gasteiger partial charge in [-0.1, -0.05) is 6.07 Å². The number of aromatic nitrogens is 2. The van der Waals surface area contributed by atoms with E-state index in [4.69, 9.17) is 0 Å². The third kappa shape index (κ3) is 3.34. The molecule has 1 N–H and O–H groups in total. The minimum absolute atomic E-state index is 0.0673. The molecule has 1 amide bonds. The number of amides is 1. The summed E-state index contributed by atoms with van der Waals surface area (Å²) in [6, 6.07) is 12.4. The number of rotatable bonds is 4. The number of anilines is 2. The second kappa shape index (κ2) is 6.21. The minimum atomic E-state index is -3.56. The Morgan fingerprint density at radius 1 is 1.12 bits per heavy atom. The lowest BCUT2D eigenvalue weighted by Crippen LogP contribution is -2.13. The van der Waals surface area contributed by atoms with Gasteiger partial charge in [-0.25, -0.2) is 13.4 Å². The molecule has 1 aromatic carbocycles. The van der Waals surface area contributed by atoms with Gasteiger partial charge in [-0.05, 0) is 36.4 Å². The zero-order valence-corrected chi connectivity index (χ0v) is 14.9. The number of fused-ring (bicyclic) bond motifs is 1. The van der Waals surface area contributed by atoms with Gasteiger partial charge in [-0.15, -0.1) is 0 Å². The highest BCUT2D eigenvalue weighted by molar-refractivity contribution is 7.90. The van der Waals surface area contributed by atoms with E-state index < -0.39 is 15.7 Å². The molecule has 3 aromatic rings.